The molecule has 3 heterocycles. The molecule has 1 aliphatic heterocycles. The number of aliphatic hydroxyl groups is 3. The van der Waals surface area contributed by atoms with Crippen molar-refractivity contribution in [1.82, 2.24) is 19.5 Å². The number of rotatable bonds is 2. The molecule has 1 saturated heterocycles. The lowest BCUT2D eigenvalue weighted by molar-refractivity contribution is -0.148. The highest BCUT2D eigenvalue weighted by Crippen LogP contribution is 2.34. The van der Waals surface area contributed by atoms with E-state index in [1.54, 1.807) is 0 Å². The SMILES string of the molecule is OC[C@H]1OC[C@H](O)[C@@]1(O)n1cnc2c(Cl)nc(Cl)nc21. The summed E-state index contributed by atoms with van der Waals surface area (Å²) in [6.07, 6.45) is -1.05. The number of aromatic nitrogens is 4. The van der Waals surface area contributed by atoms with E-state index >= 15 is 0 Å². The van der Waals surface area contributed by atoms with Gasteiger partial charge in [-0.05, 0) is 11.6 Å². The van der Waals surface area contributed by atoms with Gasteiger partial charge in [0.2, 0.25) is 11.0 Å². The Morgan fingerprint density at radius 2 is 2.20 bits per heavy atom. The van der Waals surface area contributed by atoms with Crippen LogP contribution in [0.5, 0.6) is 0 Å². The van der Waals surface area contributed by atoms with Crippen LogP contribution in [0.1, 0.15) is 0 Å². The van der Waals surface area contributed by atoms with Gasteiger partial charge in [-0.15, -0.1) is 0 Å². The molecule has 10 heteroatoms. The number of nitrogens with zero attached hydrogens (tertiary/aromatic N) is 4. The van der Waals surface area contributed by atoms with Crippen LogP contribution in [0.2, 0.25) is 10.4 Å². The maximum atomic E-state index is 10.7. The van der Waals surface area contributed by atoms with E-state index in [-0.39, 0.29) is 28.2 Å². The van der Waals surface area contributed by atoms with Crippen molar-refractivity contribution < 1.29 is 20.1 Å². The molecule has 0 bridgehead atoms. The second kappa shape index (κ2) is 4.76. The van der Waals surface area contributed by atoms with Crippen LogP contribution in [0.15, 0.2) is 6.33 Å². The molecule has 2 aromatic heterocycles. The first-order chi connectivity index (χ1) is 9.48. The normalized spacial score (nSPS) is 30.2. The van der Waals surface area contributed by atoms with E-state index in [1.165, 1.54) is 10.9 Å². The Morgan fingerprint density at radius 1 is 1.45 bits per heavy atom. The van der Waals surface area contributed by atoms with E-state index < -0.39 is 24.5 Å². The lowest BCUT2D eigenvalue weighted by Crippen LogP contribution is -2.50. The zero-order valence-corrected chi connectivity index (χ0v) is 11.5. The quantitative estimate of drug-likeness (QED) is 0.506. The highest BCUT2D eigenvalue weighted by Gasteiger charge is 2.52. The Hall–Kier alpha value is -1.03. The highest BCUT2D eigenvalue weighted by atomic mass is 35.5. The molecule has 3 N–H and O–H groups in total. The molecule has 2 aromatic rings. The van der Waals surface area contributed by atoms with Crippen molar-refractivity contribution in [3.63, 3.8) is 0 Å². The molecule has 1 aliphatic rings. The van der Waals surface area contributed by atoms with Crippen molar-refractivity contribution in [2.24, 2.45) is 0 Å². The Balaban J connectivity index is 2.23. The molecule has 3 rings (SSSR count). The van der Waals surface area contributed by atoms with Crippen molar-refractivity contribution >= 4 is 34.4 Å². The number of fused-ring (bicyclic) bond motifs is 1. The number of hydrogen-bond acceptors (Lipinski definition) is 7. The molecular formula is C10H10Cl2N4O4. The van der Waals surface area contributed by atoms with Gasteiger partial charge in [0.1, 0.15) is 17.7 Å². The summed E-state index contributed by atoms with van der Waals surface area (Å²) < 4.78 is 6.34. The Bertz CT molecular complexity index is 666. The van der Waals surface area contributed by atoms with E-state index in [0.29, 0.717) is 0 Å². The van der Waals surface area contributed by atoms with Gasteiger partial charge in [-0.3, -0.25) is 4.57 Å². The molecule has 1 fully saturated rings. The van der Waals surface area contributed by atoms with E-state index in [4.69, 9.17) is 27.9 Å². The first-order valence-electron chi connectivity index (χ1n) is 5.68. The molecule has 108 valence electrons. The molecule has 0 spiro atoms. The molecule has 20 heavy (non-hydrogen) atoms. The van der Waals surface area contributed by atoms with Gasteiger partial charge in [0.05, 0.1) is 19.5 Å². The van der Waals surface area contributed by atoms with Crippen LogP contribution >= 0.6 is 23.2 Å². The Labute approximate surface area is 122 Å². The van der Waals surface area contributed by atoms with Gasteiger partial charge >= 0.3 is 0 Å². The standard InChI is InChI=1S/C10H10Cl2N4O4/c11-7-6-8(15-9(12)14-7)16(3-13-6)10(19)4(18)2-20-5(10)1-17/h3-5,17-19H,1-2H2/t4-,5+,10-/m0/s1. The third-order valence-electron chi connectivity index (χ3n) is 3.30. The summed E-state index contributed by atoms with van der Waals surface area (Å²) >= 11 is 11.6. The van der Waals surface area contributed by atoms with Crippen molar-refractivity contribution in [3.8, 4) is 0 Å². The Morgan fingerprint density at radius 3 is 2.90 bits per heavy atom. The van der Waals surface area contributed by atoms with Gasteiger partial charge in [-0.2, -0.15) is 4.98 Å². The summed E-state index contributed by atoms with van der Waals surface area (Å²) in [4.78, 5) is 11.7. The topological polar surface area (TPSA) is 114 Å². The molecule has 0 aromatic carbocycles. The van der Waals surface area contributed by atoms with Crippen LogP contribution in [0.4, 0.5) is 0 Å². The molecule has 8 nitrogen and oxygen atoms in total. The summed E-state index contributed by atoms with van der Waals surface area (Å²) in [5.74, 6) is 0. The molecular weight excluding hydrogens is 311 g/mol. The minimum absolute atomic E-state index is 0.0244. The smallest absolute Gasteiger partial charge is 0.225 e. The van der Waals surface area contributed by atoms with Crippen molar-refractivity contribution in [2.75, 3.05) is 13.2 Å². The van der Waals surface area contributed by atoms with Gasteiger partial charge in [-0.1, -0.05) is 11.6 Å². The number of aliphatic hydroxyl groups excluding tert-OH is 2. The van der Waals surface area contributed by atoms with E-state index in [9.17, 15) is 15.3 Å². The average Bonchev–Trinajstić information content (AvgIpc) is 2.93. The largest absolute Gasteiger partial charge is 0.393 e. The van der Waals surface area contributed by atoms with Gasteiger partial charge in [0.25, 0.3) is 0 Å². The molecule has 0 radical (unpaired) electrons. The van der Waals surface area contributed by atoms with Gasteiger partial charge in [0.15, 0.2) is 10.8 Å². The van der Waals surface area contributed by atoms with Crippen molar-refractivity contribution in [2.45, 2.75) is 17.9 Å². The minimum atomic E-state index is -1.91. The second-order valence-corrected chi connectivity index (χ2v) is 5.07. The lowest BCUT2D eigenvalue weighted by Gasteiger charge is -2.31. The summed E-state index contributed by atoms with van der Waals surface area (Å²) in [5, 5.41) is 29.9. The zero-order valence-electron chi connectivity index (χ0n) is 9.94. The van der Waals surface area contributed by atoms with Gasteiger partial charge in [-0.25, -0.2) is 9.97 Å². The minimum Gasteiger partial charge on any atom is -0.393 e. The Kier molecular flexibility index (Phi) is 3.32. The van der Waals surface area contributed by atoms with E-state index in [1.807, 2.05) is 0 Å². The summed E-state index contributed by atoms with van der Waals surface area (Å²) in [6.45, 7) is -0.617. The van der Waals surface area contributed by atoms with Crippen LogP contribution < -0.4 is 0 Å². The van der Waals surface area contributed by atoms with Crippen molar-refractivity contribution in [3.05, 3.63) is 16.8 Å². The number of halogens is 2. The van der Waals surface area contributed by atoms with Crippen LogP contribution in [0, 0.1) is 0 Å². The van der Waals surface area contributed by atoms with Crippen molar-refractivity contribution in [1.29, 1.82) is 0 Å². The fraction of sp³-hybridized carbons (Fsp3) is 0.500. The predicted molar refractivity (Wildman–Crippen MR) is 68.4 cm³/mol. The molecule has 0 unspecified atom stereocenters. The van der Waals surface area contributed by atoms with Crippen LogP contribution in [-0.2, 0) is 10.5 Å². The first kappa shape index (κ1) is 13.9. The average molecular weight is 321 g/mol. The molecule has 0 saturated carbocycles. The van der Waals surface area contributed by atoms with E-state index in [2.05, 4.69) is 15.0 Å². The molecule has 0 amide bonds. The maximum Gasteiger partial charge on any atom is 0.225 e. The summed E-state index contributed by atoms with van der Waals surface area (Å²) in [6, 6.07) is 0. The number of hydrogen-bond donors (Lipinski definition) is 3. The van der Waals surface area contributed by atoms with Crippen LogP contribution in [-0.4, -0.2) is 60.3 Å². The monoisotopic (exact) mass is 320 g/mol. The summed E-state index contributed by atoms with van der Waals surface area (Å²) in [5.41, 5.74) is -1.55. The summed E-state index contributed by atoms with van der Waals surface area (Å²) in [7, 11) is 0. The highest BCUT2D eigenvalue weighted by molar-refractivity contribution is 6.35. The lowest BCUT2D eigenvalue weighted by atomic mass is 10.0. The van der Waals surface area contributed by atoms with Crippen LogP contribution in [0.3, 0.4) is 0 Å². The maximum absolute atomic E-state index is 10.7. The fourth-order valence-corrected chi connectivity index (χ4v) is 2.69. The predicted octanol–water partition coefficient (Wildman–Crippen LogP) is -0.470. The number of imidazole rings is 1. The first-order valence-corrected chi connectivity index (χ1v) is 6.43. The second-order valence-electron chi connectivity index (χ2n) is 4.37. The van der Waals surface area contributed by atoms with Gasteiger partial charge in [0, 0.05) is 0 Å². The molecule has 0 aliphatic carbocycles. The fourth-order valence-electron chi connectivity index (χ4n) is 2.27. The zero-order chi connectivity index (χ0) is 14.5. The number of ether oxygens (including phenoxy) is 1. The third-order valence-corrected chi connectivity index (χ3v) is 3.73. The van der Waals surface area contributed by atoms with E-state index in [0.717, 1.165) is 0 Å². The molecule has 3 atom stereocenters. The third kappa shape index (κ3) is 1.80. The van der Waals surface area contributed by atoms with Crippen LogP contribution in [0.25, 0.3) is 11.2 Å². The van der Waals surface area contributed by atoms with Gasteiger partial charge < -0.3 is 20.1 Å².